The molecule has 0 unspecified atom stereocenters. The number of halogens is 1. The van der Waals surface area contributed by atoms with Gasteiger partial charge in [0.1, 0.15) is 11.9 Å². The van der Waals surface area contributed by atoms with Gasteiger partial charge in [0.05, 0.1) is 23.2 Å². The maximum Gasteiger partial charge on any atom is 0.409 e. The highest BCUT2D eigenvalue weighted by Gasteiger charge is 2.45. The molecule has 12 heteroatoms. The molecule has 0 radical (unpaired) electrons. The first kappa shape index (κ1) is 31.7. The zero-order chi connectivity index (χ0) is 31.9. The molecule has 5 atom stereocenters. The number of hydrogen-bond donors (Lipinski definition) is 2. The van der Waals surface area contributed by atoms with E-state index in [0.29, 0.717) is 42.7 Å². The van der Waals surface area contributed by atoms with Crippen molar-refractivity contribution in [2.45, 2.75) is 61.5 Å². The molecule has 4 aliphatic rings. The van der Waals surface area contributed by atoms with E-state index in [2.05, 4.69) is 21.0 Å². The van der Waals surface area contributed by atoms with Crippen molar-refractivity contribution in [3.05, 3.63) is 64.7 Å². The normalized spacial score (nSPS) is 30.0. The Morgan fingerprint density at radius 1 is 1.18 bits per heavy atom. The largest absolute Gasteiger partial charge is 0.490 e. The number of hydrogen-bond acceptors (Lipinski definition) is 8. The van der Waals surface area contributed by atoms with E-state index in [1.54, 1.807) is 33.2 Å². The summed E-state index contributed by atoms with van der Waals surface area (Å²) < 4.78 is 41.6. The van der Waals surface area contributed by atoms with Gasteiger partial charge in [-0.25, -0.2) is 17.9 Å². The van der Waals surface area contributed by atoms with Crippen molar-refractivity contribution in [1.29, 1.82) is 0 Å². The zero-order valence-corrected chi connectivity index (χ0v) is 27.5. The highest BCUT2D eigenvalue weighted by Crippen LogP contribution is 2.47. The van der Waals surface area contributed by atoms with Crippen LogP contribution in [0.2, 0.25) is 5.02 Å². The lowest BCUT2D eigenvalue weighted by Crippen LogP contribution is -2.50. The monoisotopic (exact) mass is 656 g/mol. The molecule has 2 bridgehead atoms. The fourth-order valence-corrected chi connectivity index (χ4v) is 8.38. The summed E-state index contributed by atoms with van der Waals surface area (Å²) in [6.45, 7) is 3.59. The number of anilines is 1. The average molecular weight is 657 g/mol. The Kier molecular flexibility index (Phi) is 8.80. The number of aryl methyl sites for hydroxylation is 1. The molecule has 0 saturated heterocycles. The maximum atomic E-state index is 13.4. The van der Waals surface area contributed by atoms with Gasteiger partial charge in [-0.3, -0.25) is 4.79 Å². The number of carbonyl (C=O) groups excluding carboxylic acids is 2. The van der Waals surface area contributed by atoms with Gasteiger partial charge < -0.3 is 24.6 Å². The van der Waals surface area contributed by atoms with Crippen molar-refractivity contribution in [2.75, 3.05) is 45.2 Å². The Bertz CT molecular complexity index is 1610. The van der Waals surface area contributed by atoms with E-state index in [4.69, 9.17) is 21.1 Å². The predicted octanol–water partition coefficient (Wildman–Crippen LogP) is 4.26. The molecule has 1 fully saturated rings. The summed E-state index contributed by atoms with van der Waals surface area (Å²) in [4.78, 5) is 29.3. The van der Waals surface area contributed by atoms with Crippen LogP contribution in [-0.2, 0) is 31.4 Å². The van der Waals surface area contributed by atoms with Crippen LogP contribution >= 0.6 is 11.6 Å². The number of sulfonamides is 1. The Labute approximate surface area is 270 Å². The van der Waals surface area contributed by atoms with Crippen LogP contribution in [0.1, 0.15) is 43.7 Å². The first-order valence-corrected chi connectivity index (χ1v) is 17.5. The summed E-state index contributed by atoms with van der Waals surface area (Å²) in [5.41, 5.74) is 2.77. The van der Waals surface area contributed by atoms with E-state index in [1.807, 2.05) is 24.3 Å². The number of carbonyl (C=O) groups is 2. The minimum Gasteiger partial charge on any atom is -0.490 e. The number of nitrogens with zero attached hydrogens (tertiary/aromatic N) is 2. The van der Waals surface area contributed by atoms with E-state index in [9.17, 15) is 18.0 Å². The molecule has 2 aromatic rings. The summed E-state index contributed by atoms with van der Waals surface area (Å²) in [5, 5.41) is 3.74. The Balaban J connectivity index is 1.43. The van der Waals surface area contributed by atoms with Gasteiger partial charge in [-0.2, -0.15) is 0 Å². The third-order valence-corrected chi connectivity index (χ3v) is 11.3. The molecule has 2 heterocycles. The van der Waals surface area contributed by atoms with Gasteiger partial charge in [0, 0.05) is 50.1 Å². The SMILES string of the molecule is C[C@H]1NC/C=C\[C@H](OC(=O)N(C)C)[C@@H]2CC[C@H]2CN2C[C@@]3(CCCc4cc(Cl)ccc43)COc3ccc(cc32)S(=O)(=O)NC1=O. The van der Waals surface area contributed by atoms with Gasteiger partial charge in [0.2, 0.25) is 0 Å². The van der Waals surface area contributed by atoms with Crippen molar-refractivity contribution in [3.8, 4) is 5.75 Å². The average Bonchev–Trinajstić information content (AvgIpc) is 3.13. The fourth-order valence-electron chi connectivity index (χ4n) is 7.11. The van der Waals surface area contributed by atoms with Crippen molar-refractivity contribution in [2.24, 2.45) is 11.8 Å². The molecule has 2 aliphatic carbocycles. The summed E-state index contributed by atoms with van der Waals surface area (Å²) in [5.74, 6) is 0.197. The number of nitrogens with one attached hydrogen (secondary N) is 2. The van der Waals surface area contributed by atoms with Gasteiger partial charge in [-0.05, 0) is 92.5 Å². The molecule has 0 aromatic heterocycles. The second kappa shape index (κ2) is 12.5. The minimum absolute atomic E-state index is 0.00267. The summed E-state index contributed by atoms with van der Waals surface area (Å²) in [6, 6.07) is 10.1. The van der Waals surface area contributed by atoms with E-state index in [0.717, 1.165) is 32.1 Å². The molecular weight excluding hydrogens is 616 g/mol. The quantitative estimate of drug-likeness (QED) is 0.438. The molecule has 6 rings (SSSR count). The van der Waals surface area contributed by atoms with Crippen LogP contribution in [-0.4, -0.2) is 77.8 Å². The van der Waals surface area contributed by atoms with Crippen LogP contribution in [0.15, 0.2) is 53.4 Å². The first-order chi connectivity index (χ1) is 21.5. The second-order valence-electron chi connectivity index (χ2n) is 13.0. The van der Waals surface area contributed by atoms with E-state index in [1.165, 1.54) is 22.1 Å². The van der Waals surface area contributed by atoms with Crippen LogP contribution in [0, 0.1) is 11.8 Å². The van der Waals surface area contributed by atoms with Crippen molar-refractivity contribution >= 4 is 39.3 Å². The lowest BCUT2D eigenvalue weighted by molar-refractivity contribution is -0.120. The van der Waals surface area contributed by atoms with Crippen LogP contribution < -0.4 is 19.7 Å². The van der Waals surface area contributed by atoms with Crippen molar-refractivity contribution in [1.82, 2.24) is 14.9 Å². The maximum absolute atomic E-state index is 13.4. The highest BCUT2D eigenvalue weighted by atomic mass is 35.5. The van der Waals surface area contributed by atoms with Gasteiger partial charge >= 0.3 is 6.09 Å². The molecular formula is C33H41ClN4O6S. The van der Waals surface area contributed by atoms with Crippen molar-refractivity contribution in [3.63, 3.8) is 0 Å². The molecule has 2 N–H and O–H groups in total. The number of rotatable bonds is 1. The molecule has 2 amide bonds. The Morgan fingerprint density at radius 3 is 2.76 bits per heavy atom. The van der Waals surface area contributed by atoms with Gasteiger partial charge in [-0.1, -0.05) is 23.7 Å². The first-order valence-electron chi connectivity index (χ1n) is 15.6. The molecule has 1 spiro atoms. The third kappa shape index (κ3) is 6.39. The number of amides is 2. The highest BCUT2D eigenvalue weighted by molar-refractivity contribution is 7.90. The number of benzene rings is 2. The van der Waals surface area contributed by atoms with Crippen LogP contribution in [0.25, 0.3) is 0 Å². The number of fused-ring (bicyclic) bond motifs is 4. The summed E-state index contributed by atoms with van der Waals surface area (Å²) in [7, 11) is -0.823. The minimum atomic E-state index is -4.15. The second-order valence-corrected chi connectivity index (χ2v) is 15.1. The van der Waals surface area contributed by atoms with Crippen LogP contribution in [0.5, 0.6) is 5.75 Å². The molecule has 242 valence electrons. The fraction of sp³-hybridized carbons (Fsp3) is 0.515. The topological polar surface area (TPSA) is 117 Å². The zero-order valence-electron chi connectivity index (χ0n) is 25.9. The summed E-state index contributed by atoms with van der Waals surface area (Å²) in [6.07, 6.45) is 7.55. The van der Waals surface area contributed by atoms with E-state index in [-0.39, 0.29) is 22.1 Å². The Morgan fingerprint density at radius 2 is 2.00 bits per heavy atom. The predicted molar refractivity (Wildman–Crippen MR) is 172 cm³/mol. The van der Waals surface area contributed by atoms with E-state index < -0.39 is 34.2 Å². The molecule has 2 aliphatic heterocycles. The van der Waals surface area contributed by atoms with Crippen LogP contribution in [0.3, 0.4) is 0 Å². The molecule has 1 saturated carbocycles. The van der Waals surface area contributed by atoms with Crippen LogP contribution in [0.4, 0.5) is 10.5 Å². The smallest absolute Gasteiger partial charge is 0.409 e. The lowest BCUT2D eigenvalue weighted by atomic mass is 9.68. The molecule has 2 aromatic carbocycles. The molecule has 45 heavy (non-hydrogen) atoms. The standard InChI is InChI=1S/C33H41ClN4O6S/c1-21-31(39)36-45(41,42)25-10-13-30-28(17-25)38(19-33(20-43-30)14-4-6-22-16-24(34)9-12-27(22)33)18-23-8-11-26(23)29(7-5-15-35-21)44-32(40)37(2)3/h5,7,9-10,12-13,16-17,21,23,26,29,35H,4,6,8,11,14-15,18-20H2,1-3H3,(H,36,39)/b7-5-/t21-,23+,26-,29+,33+/m1/s1. The lowest BCUT2D eigenvalue weighted by Gasteiger charge is -2.46. The summed E-state index contributed by atoms with van der Waals surface area (Å²) >= 11 is 6.40. The Hall–Kier alpha value is -3.28. The van der Waals surface area contributed by atoms with E-state index >= 15 is 0 Å². The third-order valence-electron chi connectivity index (χ3n) is 9.77. The molecule has 10 nitrogen and oxygen atoms in total. The van der Waals surface area contributed by atoms with Gasteiger partial charge in [-0.15, -0.1) is 0 Å². The number of ether oxygens (including phenoxy) is 2. The van der Waals surface area contributed by atoms with Gasteiger partial charge in [0.25, 0.3) is 15.9 Å². The van der Waals surface area contributed by atoms with Crippen molar-refractivity contribution < 1.29 is 27.5 Å². The van der Waals surface area contributed by atoms with Gasteiger partial charge in [0.15, 0.2) is 0 Å².